The van der Waals surface area contributed by atoms with Crippen molar-refractivity contribution in [1.82, 2.24) is 9.97 Å². The third-order valence-electron chi connectivity index (χ3n) is 4.63. The molecular formula is C22H16F3N3O2S2. The van der Waals surface area contributed by atoms with E-state index in [0.29, 0.717) is 10.2 Å². The number of nitrogens with one attached hydrogen (secondary N) is 2. The molecule has 4 aromatic rings. The Bertz CT molecular complexity index is 1350. The lowest BCUT2D eigenvalue weighted by Gasteiger charge is -2.13. The fourth-order valence-electron chi connectivity index (χ4n) is 3.28. The number of halogens is 3. The third kappa shape index (κ3) is 4.56. The standard InChI is InChI=1S/C22H16F3N3O2S2/c1-12-17(13-7-3-2-4-8-13)18-19(30)27-21(28-20(18)32-12)31-11-16(29)26-15-10-6-5-9-14(15)22(23,24)25/h2-10H,11H2,1H3,(H,26,29)(H,27,28,30). The molecule has 4 rings (SSSR count). The van der Waals surface area contributed by atoms with Gasteiger partial charge in [0.25, 0.3) is 5.56 Å². The third-order valence-corrected chi connectivity index (χ3v) is 6.50. The SMILES string of the molecule is Cc1sc2nc(SCC(=O)Nc3ccccc3C(F)(F)F)[nH]c(=O)c2c1-c1ccccc1. The number of rotatable bonds is 5. The van der Waals surface area contributed by atoms with Crippen molar-refractivity contribution >= 4 is 44.9 Å². The van der Waals surface area contributed by atoms with Gasteiger partial charge in [0.2, 0.25) is 5.91 Å². The average molecular weight is 476 g/mol. The van der Waals surface area contributed by atoms with Gasteiger partial charge in [0.1, 0.15) is 4.83 Å². The van der Waals surface area contributed by atoms with Crippen molar-refractivity contribution in [2.24, 2.45) is 0 Å². The van der Waals surface area contributed by atoms with Gasteiger partial charge < -0.3 is 10.3 Å². The van der Waals surface area contributed by atoms with E-state index < -0.39 is 17.6 Å². The van der Waals surface area contributed by atoms with Crippen LogP contribution in [0, 0.1) is 6.92 Å². The number of fused-ring (bicyclic) bond motifs is 1. The second-order valence-electron chi connectivity index (χ2n) is 6.83. The average Bonchev–Trinajstić information content (AvgIpc) is 3.09. The summed E-state index contributed by atoms with van der Waals surface area (Å²) in [5.74, 6) is -0.849. The van der Waals surface area contributed by atoms with Crippen LogP contribution >= 0.6 is 23.1 Å². The Labute approximate surface area is 188 Å². The van der Waals surface area contributed by atoms with Gasteiger partial charge in [-0.3, -0.25) is 9.59 Å². The number of alkyl halides is 3. The zero-order valence-corrected chi connectivity index (χ0v) is 18.3. The minimum Gasteiger partial charge on any atom is -0.325 e. The largest absolute Gasteiger partial charge is 0.418 e. The van der Waals surface area contributed by atoms with Crippen molar-refractivity contribution in [1.29, 1.82) is 0 Å². The molecule has 0 saturated heterocycles. The summed E-state index contributed by atoms with van der Waals surface area (Å²) in [4.78, 5) is 33.6. The van der Waals surface area contributed by atoms with Crippen LogP contribution in [0.2, 0.25) is 0 Å². The topological polar surface area (TPSA) is 74.8 Å². The van der Waals surface area contributed by atoms with Gasteiger partial charge in [-0.1, -0.05) is 54.2 Å². The lowest BCUT2D eigenvalue weighted by Crippen LogP contribution is -2.18. The molecule has 2 N–H and O–H groups in total. The van der Waals surface area contributed by atoms with Crippen molar-refractivity contribution in [2.75, 3.05) is 11.1 Å². The lowest BCUT2D eigenvalue weighted by atomic mass is 10.0. The molecule has 0 bridgehead atoms. The maximum Gasteiger partial charge on any atom is 0.418 e. The number of hydrogen-bond acceptors (Lipinski definition) is 5. The molecule has 32 heavy (non-hydrogen) atoms. The molecule has 1 amide bonds. The first kappa shape index (κ1) is 22.1. The monoisotopic (exact) mass is 475 g/mol. The Morgan fingerprint density at radius 1 is 1.12 bits per heavy atom. The molecule has 5 nitrogen and oxygen atoms in total. The van der Waals surface area contributed by atoms with Gasteiger partial charge in [-0.05, 0) is 24.6 Å². The molecule has 0 atom stereocenters. The summed E-state index contributed by atoms with van der Waals surface area (Å²) in [5.41, 5.74) is 0.158. The second-order valence-corrected chi connectivity index (χ2v) is 9.00. The first-order valence-electron chi connectivity index (χ1n) is 9.42. The summed E-state index contributed by atoms with van der Waals surface area (Å²) >= 11 is 2.32. The fourth-order valence-corrected chi connectivity index (χ4v) is 5.04. The molecule has 164 valence electrons. The number of aryl methyl sites for hydroxylation is 1. The van der Waals surface area contributed by atoms with Crippen molar-refractivity contribution in [2.45, 2.75) is 18.3 Å². The van der Waals surface area contributed by atoms with Crippen LogP contribution < -0.4 is 10.9 Å². The Hall–Kier alpha value is -3.11. The minimum absolute atomic E-state index is 0.212. The van der Waals surface area contributed by atoms with E-state index in [1.807, 2.05) is 37.3 Å². The molecule has 2 aromatic heterocycles. The fraction of sp³-hybridized carbons (Fsp3) is 0.136. The van der Waals surface area contributed by atoms with E-state index in [2.05, 4.69) is 15.3 Å². The molecule has 0 radical (unpaired) electrons. The summed E-state index contributed by atoms with van der Waals surface area (Å²) in [6, 6.07) is 14.3. The molecule has 2 heterocycles. The highest BCUT2D eigenvalue weighted by Crippen LogP contribution is 2.36. The first-order chi connectivity index (χ1) is 15.2. The smallest absolute Gasteiger partial charge is 0.325 e. The van der Waals surface area contributed by atoms with Gasteiger partial charge in [0, 0.05) is 10.4 Å². The zero-order chi connectivity index (χ0) is 22.9. The second kappa shape index (κ2) is 8.79. The van der Waals surface area contributed by atoms with Gasteiger partial charge in [0.15, 0.2) is 5.16 Å². The van der Waals surface area contributed by atoms with Gasteiger partial charge in [-0.2, -0.15) is 13.2 Å². The molecule has 0 aliphatic rings. The Kier molecular flexibility index (Phi) is 6.07. The number of carbonyl (C=O) groups is 1. The van der Waals surface area contributed by atoms with E-state index in [-0.39, 0.29) is 22.2 Å². The molecule has 2 aromatic carbocycles. The van der Waals surface area contributed by atoms with Gasteiger partial charge in [-0.25, -0.2) is 4.98 Å². The van der Waals surface area contributed by atoms with E-state index in [0.717, 1.165) is 33.8 Å². The lowest BCUT2D eigenvalue weighted by molar-refractivity contribution is -0.137. The van der Waals surface area contributed by atoms with Crippen molar-refractivity contribution in [3.63, 3.8) is 0 Å². The number of nitrogens with zero attached hydrogens (tertiary/aromatic N) is 1. The number of thiophene rings is 1. The number of amides is 1. The van der Waals surface area contributed by atoms with Crippen LogP contribution in [0.5, 0.6) is 0 Å². The minimum atomic E-state index is -4.58. The van der Waals surface area contributed by atoms with Crippen molar-refractivity contribution in [3.05, 3.63) is 75.4 Å². The maximum absolute atomic E-state index is 13.1. The number of aromatic amines is 1. The molecule has 10 heteroatoms. The number of carbonyl (C=O) groups excluding carboxylic acids is 1. The van der Waals surface area contributed by atoms with Crippen LogP contribution in [0.3, 0.4) is 0 Å². The molecule has 0 saturated carbocycles. The van der Waals surface area contributed by atoms with Crippen LogP contribution in [0.1, 0.15) is 10.4 Å². The van der Waals surface area contributed by atoms with Crippen molar-refractivity contribution in [3.8, 4) is 11.1 Å². The van der Waals surface area contributed by atoms with Crippen LogP contribution in [0.25, 0.3) is 21.3 Å². The quantitative estimate of drug-likeness (QED) is 0.286. The van der Waals surface area contributed by atoms with Crippen LogP contribution in [0.4, 0.5) is 18.9 Å². The number of anilines is 1. The number of thioether (sulfide) groups is 1. The van der Waals surface area contributed by atoms with Gasteiger partial charge in [-0.15, -0.1) is 11.3 Å². The highest BCUT2D eigenvalue weighted by atomic mass is 32.2. The zero-order valence-electron chi connectivity index (χ0n) is 16.6. The Morgan fingerprint density at radius 3 is 2.53 bits per heavy atom. The summed E-state index contributed by atoms with van der Waals surface area (Å²) < 4.78 is 39.3. The van der Waals surface area contributed by atoms with Gasteiger partial charge >= 0.3 is 6.18 Å². The van der Waals surface area contributed by atoms with Crippen LogP contribution in [-0.2, 0) is 11.0 Å². The normalized spacial score (nSPS) is 11.6. The maximum atomic E-state index is 13.1. The highest BCUT2D eigenvalue weighted by molar-refractivity contribution is 7.99. The summed E-state index contributed by atoms with van der Waals surface area (Å²) in [6.45, 7) is 1.91. The number of hydrogen-bond donors (Lipinski definition) is 2. The Balaban J connectivity index is 1.54. The van der Waals surface area contributed by atoms with E-state index in [9.17, 15) is 22.8 Å². The van der Waals surface area contributed by atoms with Crippen LogP contribution in [-0.4, -0.2) is 21.6 Å². The summed E-state index contributed by atoms with van der Waals surface area (Å²) in [5, 5.41) is 2.98. The van der Waals surface area contributed by atoms with Crippen LogP contribution in [0.15, 0.2) is 64.5 Å². The molecule has 0 fully saturated rings. The highest BCUT2D eigenvalue weighted by Gasteiger charge is 2.33. The molecule has 0 aliphatic carbocycles. The predicted octanol–water partition coefficient (Wildman–Crippen LogP) is 5.71. The molecule has 0 aliphatic heterocycles. The van der Waals surface area contributed by atoms with Gasteiger partial charge in [0.05, 0.1) is 22.4 Å². The molecular weight excluding hydrogens is 459 g/mol. The molecule has 0 unspecified atom stereocenters. The Morgan fingerprint density at radius 2 is 1.81 bits per heavy atom. The molecule has 0 spiro atoms. The summed E-state index contributed by atoms with van der Waals surface area (Å²) in [6.07, 6.45) is -4.58. The van der Waals surface area contributed by atoms with E-state index in [4.69, 9.17) is 0 Å². The summed E-state index contributed by atoms with van der Waals surface area (Å²) in [7, 11) is 0. The first-order valence-corrected chi connectivity index (χ1v) is 11.2. The van der Waals surface area contributed by atoms with E-state index >= 15 is 0 Å². The number of para-hydroxylation sites is 1. The van der Waals surface area contributed by atoms with E-state index in [1.54, 1.807) is 0 Å². The predicted molar refractivity (Wildman–Crippen MR) is 121 cm³/mol. The van der Waals surface area contributed by atoms with E-state index in [1.165, 1.54) is 29.5 Å². The number of H-pyrrole nitrogens is 1. The van der Waals surface area contributed by atoms with Crippen molar-refractivity contribution < 1.29 is 18.0 Å². The number of aromatic nitrogens is 2. The number of benzene rings is 2.